The van der Waals surface area contributed by atoms with Gasteiger partial charge in [-0.1, -0.05) is 38.1 Å². The third-order valence-electron chi connectivity index (χ3n) is 6.57. The van der Waals surface area contributed by atoms with Gasteiger partial charge < -0.3 is 15.1 Å². The maximum atomic E-state index is 13.3. The van der Waals surface area contributed by atoms with Crippen LogP contribution >= 0.6 is 0 Å². The Morgan fingerprint density at radius 3 is 2.55 bits per heavy atom. The fourth-order valence-corrected chi connectivity index (χ4v) is 6.09. The number of ketones is 1. The van der Waals surface area contributed by atoms with Gasteiger partial charge in [-0.3, -0.25) is 14.4 Å². The number of Topliss-reactive ketones (excluding diaryl/α,β-unsaturated/α-hetero) is 1. The largest absolute Gasteiger partial charge is 0.451 e. The number of rotatable bonds is 8. The quantitative estimate of drug-likeness (QED) is 0.448. The summed E-state index contributed by atoms with van der Waals surface area (Å²) in [6.45, 7) is 5.19. The van der Waals surface area contributed by atoms with Crippen LogP contribution in [-0.4, -0.2) is 60.0 Å². The molecule has 2 aromatic heterocycles. The van der Waals surface area contributed by atoms with Crippen LogP contribution < -0.4 is 10.6 Å². The van der Waals surface area contributed by atoms with Crippen LogP contribution in [0.4, 0.5) is 0 Å². The summed E-state index contributed by atoms with van der Waals surface area (Å²) in [5.74, 6) is -1.30. The highest BCUT2D eigenvalue weighted by Gasteiger charge is 2.38. The minimum absolute atomic E-state index is 0.0746. The molecule has 1 fully saturated rings. The Balaban J connectivity index is 1.47. The molecule has 0 saturated carbocycles. The first-order chi connectivity index (χ1) is 18.1. The zero-order valence-electron chi connectivity index (χ0n) is 21.6. The van der Waals surface area contributed by atoms with Crippen LogP contribution in [0.3, 0.4) is 0 Å². The predicted octanol–water partition coefficient (Wildman–Crippen LogP) is 2.90. The Morgan fingerprint density at radius 1 is 1.13 bits per heavy atom. The van der Waals surface area contributed by atoms with E-state index in [1.165, 1.54) is 12.3 Å². The van der Waals surface area contributed by atoms with E-state index < -0.39 is 45.7 Å². The number of nitrogens with one attached hydrogen (secondary N) is 2. The van der Waals surface area contributed by atoms with Gasteiger partial charge in [0.15, 0.2) is 16.6 Å². The number of hydrogen-bond acceptors (Lipinski definition) is 7. The number of pyridine rings is 1. The molecule has 202 valence electrons. The second-order valence-corrected chi connectivity index (χ2v) is 11.8. The highest BCUT2D eigenvalue weighted by atomic mass is 32.2. The van der Waals surface area contributed by atoms with E-state index in [1.807, 2.05) is 26.0 Å². The number of sulfonamides is 1. The highest BCUT2D eigenvalue weighted by Crippen LogP contribution is 2.23. The second kappa shape index (κ2) is 11.4. The number of aromatic nitrogens is 1. The molecule has 1 aromatic carbocycles. The lowest BCUT2D eigenvalue weighted by atomic mass is 10.0. The van der Waals surface area contributed by atoms with Gasteiger partial charge in [-0.2, -0.15) is 4.31 Å². The molecule has 3 atom stereocenters. The van der Waals surface area contributed by atoms with E-state index in [4.69, 9.17) is 4.42 Å². The third kappa shape index (κ3) is 6.11. The highest BCUT2D eigenvalue weighted by molar-refractivity contribution is 7.89. The first-order valence-electron chi connectivity index (χ1n) is 12.6. The number of fused-ring (bicyclic) bond motifs is 1. The van der Waals surface area contributed by atoms with Crippen molar-refractivity contribution in [1.29, 1.82) is 0 Å². The number of nitrogens with zero attached hydrogens (tertiary/aromatic N) is 2. The number of para-hydroxylation sites is 1. The molecule has 1 aliphatic rings. The van der Waals surface area contributed by atoms with Gasteiger partial charge in [0.05, 0.1) is 12.6 Å². The Morgan fingerprint density at radius 2 is 1.87 bits per heavy atom. The van der Waals surface area contributed by atoms with Crippen molar-refractivity contribution in [2.24, 2.45) is 5.92 Å². The van der Waals surface area contributed by atoms with E-state index >= 15 is 0 Å². The van der Waals surface area contributed by atoms with Crippen molar-refractivity contribution in [3.8, 4) is 0 Å². The molecule has 4 rings (SSSR count). The average molecular weight is 541 g/mol. The van der Waals surface area contributed by atoms with Gasteiger partial charge in [0.2, 0.25) is 5.91 Å². The molecule has 38 heavy (non-hydrogen) atoms. The normalized spacial score (nSPS) is 19.7. The molecular weight excluding hydrogens is 508 g/mol. The maximum Gasteiger partial charge on any atom is 0.287 e. The van der Waals surface area contributed by atoms with Gasteiger partial charge >= 0.3 is 0 Å². The third-order valence-corrected chi connectivity index (χ3v) is 8.45. The molecule has 0 spiro atoms. The van der Waals surface area contributed by atoms with E-state index in [0.29, 0.717) is 18.4 Å². The van der Waals surface area contributed by atoms with Crippen molar-refractivity contribution in [2.75, 3.05) is 6.54 Å². The lowest BCUT2D eigenvalue weighted by Gasteiger charge is -2.25. The van der Waals surface area contributed by atoms with E-state index in [2.05, 4.69) is 15.6 Å². The van der Waals surface area contributed by atoms with Crippen LogP contribution in [0.25, 0.3) is 11.0 Å². The first kappa shape index (κ1) is 27.5. The molecule has 2 N–H and O–H groups in total. The van der Waals surface area contributed by atoms with Crippen molar-refractivity contribution in [1.82, 2.24) is 19.9 Å². The summed E-state index contributed by atoms with van der Waals surface area (Å²) >= 11 is 0. The van der Waals surface area contributed by atoms with Crippen LogP contribution in [0.1, 0.15) is 50.6 Å². The molecule has 1 aliphatic heterocycles. The predicted molar refractivity (Wildman–Crippen MR) is 141 cm³/mol. The van der Waals surface area contributed by atoms with Crippen LogP contribution in [0, 0.1) is 5.92 Å². The van der Waals surface area contributed by atoms with Crippen molar-refractivity contribution in [2.45, 2.75) is 63.2 Å². The zero-order valence-corrected chi connectivity index (χ0v) is 22.4. The number of benzene rings is 1. The molecule has 3 aromatic rings. The molecule has 1 saturated heterocycles. The van der Waals surface area contributed by atoms with E-state index in [9.17, 15) is 22.8 Å². The summed E-state index contributed by atoms with van der Waals surface area (Å²) in [7, 11) is -3.99. The van der Waals surface area contributed by atoms with Gasteiger partial charge in [-0.25, -0.2) is 13.4 Å². The fourth-order valence-electron chi connectivity index (χ4n) is 4.53. The number of furan rings is 1. The Hall–Kier alpha value is -3.57. The lowest BCUT2D eigenvalue weighted by Crippen LogP contribution is -2.52. The van der Waals surface area contributed by atoms with Crippen LogP contribution in [0.15, 0.2) is 64.2 Å². The van der Waals surface area contributed by atoms with Crippen molar-refractivity contribution in [3.05, 3.63) is 60.5 Å². The molecule has 10 nitrogen and oxygen atoms in total. The monoisotopic (exact) mass is 540 g/mol. The summed E-state index contributed by atoms with van der Waals surface area (Å²) in [6.07, 6.45) is 2.36. The van der Waals surface area contributed by atoms with E-state index in [1.54, 1.807) is 37.3 Å². The molecule has 0 aliphatic carbocycles. The van der Waals surface area contributed by atoms with Gasteiger partial charge in [0.1, 0.15) is 11.6 Å². The summed E-state index contributed by atoms with van der Waals surface area (Å²) < 4.78 is 33.0. The smallest absolute Gasteiger partial charge is 0.287 e. The number of amides is 2. The summed E-state index contributed by atoms with van der Waals surface area (Å²) in [5.41, 5.74) is 0.561. The van der Waals surface area contributed by atoms with Crippen molar-refractivity contribution < 1.29 is 27.2 Å². The molecule has 0 bridgehead atoms. The van der Waals surface area contributed by atoms with Crippen molar-refractivity contribution in [3.63, 3.8) is 0 Å². The molecule has 2 amide bonds. The number of carbonyl (C=O) groups excluding carboxylic acids is 3. The molecule has 3 heterocycles. The standard InChI is InChI=1S/C27H32N4O6S/c1-17(2)14-21(30-27(34)24-15-19-8-4-5-9-23(19)37-24)26(33)29-20-12-11-18(3)31(16-22(20)32)38(35,36)25-10-6-7-13-28-25/h4-10,13,15,17-18,20-21H,11-12,14,16H2,1-3H3,(H,29,33)(H,30,34)/t18-,20-,21-/m0/s1. The molecular formula is C27H32N4O6S. The van der Waals surface area contributed by atoms with Gasteiger partial charge in [-0.05, 0) is 56.4 Å². The van der Waals surface area contributed by atoms with E-state index in [0.717, 1.165) is 9.69 Å². The molecule has 0 radical (unpaired) electrons. The number of hydrogen-bond donors (Lipinski definition) is 2. The zero-order chi connectivity index (χ0) is 27.4. The topological polar surface area (TPSA) is 139 Å². The Kier molecular flexibility index (Phi) is 8.27. The van der Waals surface area contributed by atoms with Gasteiger partial charge in [0.25, 0.3) is 15.9 Å². The Labute approximate surface area is 221 Å². The van der Waals surface area contributed by atoms with Crippen LogP contribution in [-0.2, 0) is 19.6 Å². The second-order valence-electron chi connectivity index (χ2n) is 9.98. The number of carbonyl (C=O) groups is 3. The van der Waals surface area contributed by atoms with Gasteiger partial charge in [0, 0.05) is 17.6 Å². The fraction of sp³-hybridized carbons (Fsp3) is 0.407. The molecule has 11 heteroatoms. The molecule has 0 unspecified atom stereocenters. The maximum absolute atomic E-state index is 13.3. The van der Waals surface area contributed by atoms with Crippen LogP contribution in [0.2, 0.25) is 0 Å². The lowest BCUT2D eigenvalue weighted by molar-refractivity contribution is -0.129. The van der Waals surface area contributed by atoms with Gasteiger partial charge in [-0.15, -0.1) is 0 Å². The SMILES string of the molecule is CC(C)C[C@H](NC(=O)c1cc2ccccc2o1)C(=O)N[C@H]1CC[C@H](C)N(S(=O)(=O)c2ccccn2)CC1=O. The van der Waals surface area contributed by atoms with Crippen LogP contribution in [0.5, 0.6) is 0 Å². The van der Waals surface area contributed by atoms with Crippen molar-refractivity contribution >= 4 is 38.6 Å². The summed E-state index contributed by atoms with van der Waals surface area (Å²) in [6, 6.07) is 11.1. The summed E-state index contributed by atoms with van der Waals surface area (Å²) in [5, 5.41) is 6.13. The van der Waals surface area contributed by atoms with E-state index in [-0.39, 0.29) is 29.7 Å². The Bertz CT molecular complexity index is 1390. The average Bonchev–Trinajstić information content (AvgIpc) is 3.27. The minimum Gasteiger partial charge on any atom is -0.451 e. The minimum atomic E-state index is -3.99. The summed E-state index contributed by atoms with van der Waals surface area (Å²) in [4.78, 5) is 43.3. The first-order valence-corrected chi connectivity index (χ1v) is 14.1.